The summed E-state index contributed by atoms with van der Waals surface area (Å²) < 4.78 is 4.04. The topological polar surface area (TPSA) is 72.1 Å². The number of guanidine groups is 1. The SMILES string of the molecule is CN=C(NCCCn1ccc2ccccc21)NCc1ccnc(-n2cccn2)c1. The Labute approximate surface area is 170 Å². The van der Waals surface area contributed by atoms with Crippen LogP contribution in [0.1, 0.15) is 12.0 Å². The van der Waals surface area contributed by atoms with E-state index in [1.165, 1.54) is 10.9 Å². The number of rotatable bonds is 7. The van der Waals surface area contributed by atoms with Crippen LogP contribution >= 0.6 is 0 Å². The lowest BCUT2D eigenvalue weighted by atomic mass is 10.2. The number of nitrogens with one attached hydrogen (secondary N) is 2. The van der Waals surface area contributed by atoms with Crippen LogP contribution in [0.4, 0.5) is 0 Å². The first kappa shape index (κ1) is 18.7. The first-order valence-electron chi connectivity index (χ1n) is 9.77. The summed E-state index contributed by atoms with van der Waals surface area (Å²) in [5.41, 5.74) is 2.40. The van der Waals surface area contributed by atoms with Gasteiger partial charge in [0.15, 0.2) is 11.8 Å². The first-order valence-corrected chi connectivity index (χ1v) is 9.77. The highest BCUT2D eigenvalue weighted by Gasteiger charge is 2.03. The third kappa shape index (κ3) is 4.63. The van der Waals surface area contributed by atoms with Crippen molar-refractivity contribution < 1.29 is 0 Å². The van der Waals surface area contributed by atoms with Crippen LogP contribution in [-0.4, -0.2) is 38.9 Å². The Bertz CT molecular complexity index is 1080. The van der Waals surface area contributed by atoms with E-state index in [4.69, 9.17) is 0 Å². The minimum Gasteiger partial charge on any atom is -0.356 e. The summed E-state index contributed by atoms with van der Waals surface area (Å²) in [6.45, 7) is 2.48. The fourth-order valence-electron chi connectivity index (χ4n) is 3.30. The van der Waals surface area contributed by atoms with Gasteiger partial charge in [0.05, 0.1) is 0 Å². The van der Waals surface area contributed by atoms with Gasteiger partial charge < -0.3 is 15.2 Å². The quantitative estimate of drug-likeness (QED) is 0.291. The Balaban J connectivity index is 1.25. The van der Waals surface area contributed by atoms with Crippen LogP contribution < -0.4 is 10.6 Å². The van der Waals surface area contributed by atoms with E-state index >= 15 is 0 Å². The summed E-state index contributed by atoms with van der Waals surface area (Å²) in [4.78, 5) is 8.67. The molecule has 1 aromatic carbocycles. The number of nitrogens with zero attached hydrogens (tertiary/aromatic N) is 5. The second kappa shape index (κ2) is 9.05. The third-order valence-corrected chi connectivity index (χ3v) is 4.78. The molecule has 29 heavy (non-hydrogen) atoms. The van der Waals surface area contributed by atoms with Crippen molar-refractivity contribution >= 4 is 16.9 Å². The van der Waals surface area contributed by atoms with E-state index in [0.717, 1.165) is 36.9 Å². The third-order valence-electron chi connectivity index (χ3n) is 4.78. The zero-order chi connectivity index (χ0) is 19.9. The molecule has 0 aliphatic carbocycles. The number of hydrogen-bond donors (Lipinski definition) is 2. The number of aromatic nitrogens is 4. The molecule has 0 aliphatic rings. The predicted molar refractivity (Wildman–Crippen MR) is 116 cm³/mol. The number of benzene rings is 1. The highest BCUT2D eigenvalue weighted by molar-refractivity contribution is 5.80. The molecule has 0 aliphatic heterocycles. The van der Waals surface area contributed by atoms with E-state index in [1.807, 2.05) is 24.4 Å². The molecule has 0 spiro atoms. The molecule has 0 atom stereocenters. The summed E-state index contributed by atoms with van der Waals surface area (Å²) >= 11 is 0. The number of hydrogen-bond acceptors (Lipinski definition) is 3. The summed E-state index contributed by atoms with van der Waals surface area (Å²) in [6.07, 6.45) is 8.59. The minimum atomic E-state index is 0.665. The van der Waals surface area contributed by atoms with Gasteiger partial charge in [0.1, 0.15) is 0 Å². The molecule has 0 radical (unpaired) electrons. The van der Waals surface area contributed by atoms with Crippen molar-refractivity contribution in [1.29, 1.82) is 0 Å². The van der Waals surface area contributed by atoms with Crippen LogP contribution in [0, 0.1) is 0 Å². The molecule has 3 heterocycles. The van der Waals surface area contributed by atoms with E-state index < -0.39 is 0 Å². The molecule has 0 unspecified atom stereocenters. The second-order valence-electron chi connectivity index (χ2n) is 6.75. The van der Waals surface area contributed by atoms with Crippen LogP contribution in [0.2, 0.25) is 0 Å². The van der Waals surface area contributed by atoms with Gasteiger partial charge in [-0.25, -0.2) is 9.67 Å². The molecule has 0 fully saturated rings. The standard InChI is InChI=1S/C22H25N7/c1-23-22(25-10-4-13-28-15-9-19-6-2-3-7-20(19)28)26-17-18-8-12-24-21(16-18)29-14-5-11-27-29/h2-3,5-9,11-12,14-16H,4,10,13,17H2,1H3,(H2,23,25,26). The Morgan fingerprint density at radius 3 is 2.83 bits per heavy atom. The highest BCUT2D eigenvalue weighted by atomic mass is 15.3. The average molecular weight is 387 g/mol. The largest absolute Gasteiger partial charge is 0.356 e. The van der Waals surface area contributed by atoms with Crippen molar-refractivity contribution in [3.05, 3.63) is 78.9 Å². The van der Waals surface area contributed by atoms with Gasteiger partial charge in [-0.1, -0.05) is 18.2 Å². The fraction of sp³-hybridized carbons (Fsp3) is 0.227. The molecule has 0 saturated heterocycles. The zero-order valence-corrected chi connectivity index (χ0v) is 16.5. The number of pyridine rings is 1. The van der Waals surface area contributed by atoms with Gasteiger partial charge in [-0.15, -0.1) is 0 Å². The number of aryl methyl sites for hydroxylation is 1. The molecule has 4 aromatic rings. The molecule has 2 N–H and O–H groups in total. The van der Waals surface area contributed by atoms with E-state index in [-0.39, 0.29) is 0 Å². The second-order valence-corrected chi connectivity index (χ2v) is 6.75. The van der Waals surface area contributed by atoms with Crippen molar-refractivity contribution in [3.8, 4) is 5.82 Å². The van der Waals surface area contributed by atoms with E-state index in [2.05, 4.69) is 66.8 Å². The fourth-order valence-corrected chi connectivity index (χ4v) is 3.30. The van der Waals surface area contributed by atoms with Crippen LogP contribution in [0.3, 0.4) is 0 Å². The highest BCUT2D eigenvalue weighted by Crippen LogP contribution is 2.15. The maximum atomic E-state index is 4.36. The molecule has 7 nitrogen and oxygen atoms in total. The Morgan fingerprint density at radius 2 is 1.97 bits per heavy atom. The zero-order valence-electron chi connectivity index (χ0n) is 16.5. The number of para-hydroxylation sites is 1. The Hall–Kier alpha value is -3.61. The molecule has 0 bridgehead atoms. The van der Waals surface area contributed by atoms with Gasteiger partial charge in [0, 0.05) is 57.0 Å². The van der Waals surface area contributed by atoms with Crippen LogP contribution in [0.25, 0.3) is 16.7 Å². The first-order chi connectivity index (χ1) is 14.3. The van der Waals surface area contributed by atoms with E-state index in [0.29, 0.717) is 6.54 Å². The van der Waals surface area contributed by atoms with Crippen molar-refractivity contribution in [2.24, 2.45) is 4.99 Å². The van der Waals surface area contributed by atoms with Crippen LogP contribution in [-0.2, 0) is 13.1 Å². The lowest BCUT2D eigenvalue weighted by Crippen LogP contribution is -2.37. The monoisotopic (exact) mass is 387 g/mol. The predicted octanol–water partition coefficient (Wildman–Crippen LogP) is 2.98. The van der Waals surface area contributed by atoms with Crippen molar-refractivity contribution in [2.75, 3.05) is 13.6 Å². The summed E-state index contributed by atoms with van der Waals surface area (Å²) in [5.74, 6) is 1.59. The Morgan fingerprint density at radius 1 is 1.03 bits per heavy atom. The maximum absolute atomic E-state index is 4.36. The van der Waals surface area contributed by atoms with Crippen LogP contribution in [0.15, 0.2) is 78.3 Å². The number of fused-ring (bicyclic) bond motifs is 1. The van der Waals surface area contributed by atoms with Gasteiger partial charge in [0.25, 0.3) is 0 Å². The molecule has 7 heteroatoms. The smallest absolute Gasteiger partial charge is 0.191 e. The maximum Gasteiger partial charge on any atom is 0.191 e. The molecule has 0 amide bonds. The van der Waals surface area contributed by atoms with Crippen LogP contribution in [0.5, 0.6) is 0 Å². The van der Waals surface area contributed by atoms with Gasteiger partial charge in [-0.3, -0.25) is 4.99 Å². The van der Waals surface area contributed by atoms with Gasteiger partial charge >= 0.3 is 0 Å². The average Bonchev–Trinajstić information content (AvgIpc) is 3.44. The van der Waals surface area contributed by atoms with E-state index in [1.54, 1.807) is 24.1 Å². The van der Waals surface area contributed by atoms with Gasteiger partial charge in [-0.05, 0) is 47.7 Å². The molecule has 0 saturated carbocycles. The number of aliphatic imine (C=N–C) groups is 1. The summed E-state index contributed by atoms with van der Waals surface area (Å²) in [6, 6.07) is 16.5. The Kier molecular flexibility index (Phi) is 5.85. The molecule has 3 aromatic heterocycles. The van der Waals surface area contributed by atoms with Crippen molar-refractivity contribution in [3.63, 3.8) is 0 Å². The van der Waals surface area contributed by atoms with Gasteiger partial charge in [0.2, 0.25) is 0 Å². The lowest BCUT2D eigenvalue weighted by molar-refractivity contribution is 0.640. The van der Waals surface area contributed by atoms with Crippen molar-refractivity contribution in [1.82, 2.24) is 30.0 Å². The normalized spacial score (nSPS) is 11.7. The van der Waals surface area contributed by atoms with Crippen molar-refractivity contribution in [2.45, 2.75) is 19.5 Å². The summed E-state index contributed by atoms with van der Waals surface area (Å²) in [5, 5.41) is 12.2. The molecular weight excluding hydrogens is 362 g/mol. The molecule has 4 rings (SSSR count). The van der Waals surface area contributed by atoms with E-state index in [9.17, 15) is 0 Å². The molecule has 148 valence electrons. The lowest BCUT2D eigenvalue weighted by Gasteiger charge is -2.13. The van der Waals surface area contributed by atoms with Gasteiger partial charge in [-0.2, -0.15) is 5.10 Å². The molecular formula is C22H25N7. The minimum absolute atomic E-state index is 0.665. The summed E-state index contributed by atoms with van der Waals surface area (Å²) in [7, 11) is 1.79.